The van der Waals surface area contributed by atoms with Gasteiger partial charge in [0.1, 0.15) is 18.2 Å². The van der Waals surface area contributed by atoms with Crippen LogP contribution in [0.3, 0.4) is 0 Å². The summed E-state index contributed by atoms with van der Waals surface area (Å²) < 4.78 is 60.6. The Kier molecular flexibility index (Phi) is 7.72. The normalized spacial score (nSPS) is 17.0. The minimum absolute atomic E-state index is 0.0147. The Morgan fingerprint density at radius 3 is 2.65 bits per heavy atom. The fourth-order valence-electron chi connectivity index (χ4n) is 3.47. The van der Waals surface area contributed by atoms with Crippen molar-refractivity contribution in [3.63, 3.8) is 0 Å². The molecule has 1 aliphatic rings. The third kappa shape index (κ3) is 6.05. The highest BCUT2D eigenvalue weighted by molar-refractivity contribution is 7.97. The van der Waals surface area contributed by atoms with Gasteiger partial charge in [0, 0.05) is 24.9 Å². The number of hydrogen-bond acceptors (Lipinski definition) is 4. The fraction of sp³-hybridized carbons (Fsp3) is 0.381. The first kappa shape index (κ1) is 23.7. The minimum atomic E-state index is -4.36. The van der Waals surface area contributed by atoms with Crippen molar-refractivity contribution >= 4 is 29.5 Å². The van der Waals surface area contributed by atoms with Crippen molar-refractivity contribution < 1.29 is 27.1 Å². The largest absolute Gasteiger partial charge is 0.490 e. The zero-order valence-electron chi connectivity index (χ0n) is 16.6. The van der Waals surface area contributed by atoms with Crippen LogP contribution in [0.25, 0.3) is 0 Å². The molecule has 1 saturated heterocycles. The van der Waals surface area contributed by atoms with Crippen LogP contribution in [-0.4, -0.2) is 36.3 Å². The van der Waals surface area contributed by atoms with E-state index in [1.165, 1.54) is 18.2 Å². The van der Waals surface area contributed by atoms with Gasteiger partial charge in [-0.2, -0.15) is 13.2 Å². The van der Waals surface area contributed by atoms with Gasteiger partial charge in [-0.05, 0) is 43.1 Å². The predicted octanol–water partition coefficient (Wildman–Crippen LogP) is 5.55. The molecular weight excluding hydrogens is 456 g/mol. The van der Waals surface area contributed by atoms with E-state index in [0.29, 0.717) is 6.54 Å². The number of nitrogens with one attached hydrogen (secondary N) is 1. The van der Waals surface area contributed by atoms with E-state index in [2.05, 4.69) is 9.62 Å². The maximum absolute atomic E-state index is 14.3. The summed E-state index contributed by atoms with van der Waals surface area (Å²) >= 11 is 7.22. The molecular formula is C21H21ClF4N2O2S. The molecule has 1 atom stereocenters. The van der Waals surface area contributed by atoms with Gasteiger partial charge in [-0.15, -0.1) is 0 Å². The average Bonchev–Trinajstić information content (AvgIpc) is 3.15. The van der Waals surface area contributed by atoms with Crippen LogP contribution >= 0.6 is 23.5 Å². The number of rotatable bonds is 7. The van der Waals surface area contributed by atoms with Gasteiger partial charge in [-0.25, -0.2) is 4.39 Å². The van der Waals surface area contributed by atoms with Crippen LogP contribution in [0.5, 0.6) is 5.75 Å². The van der Waals surface area contributed by atoms with E-state index in [1.54, 1.807) is 6.26 Å². The summed E-state index contributed by atoms with van der Waals surface area (Å²) in [6.45, 7) is 1.52. The van der Waals surface area contributed by atoms with E-state index in [0.717, 1.165) is 55.1 Å². The minimum Gasteiger partial charge on any atom is -0.490 e. The van der Waals surface area contributed by atoms with Crippen molar-refractivity contribution in [1.82, 2.24) is 9.62 Å². The highest BCUT2D eigenvalue weighted by Gasteiger charge is 2.30. The zero-order chi connectivity index (χ0) is 22.6. The SMILES string of the molecule is CSNC(=O)c1cc(Cl)c(OCC2CCCN2Cc2ccc(C(F)(F)F)cc2)cc1F. The molecule has 3 rings (SSSR count). The molecule has 10 heteroatoms. The first-order valence-electron chi connectivity index (χ1n) is 9.54. The summed E-state index contributed by atoms with van der Waals surface area (Å²) in [4.78, 5) is 14.0. The van der Waals surface area contributed by atoms with Crippen molar-refractivity contribution in [3.8, 4) is 5.75 Å². The number of hydrogen-bond donors (Lipinski definition) is 1. The standard InChI is InChI=1S/C21H21ClF4N2O2S/c1-31-27-20(29)16-9-17(22)19(10-18(16)23)30-12-15-3-2-8-28(15)11-13-4-6-14(7-5-13)21(24,25)26/h4-7,9-10,15H,2-3,8,11-12H2,1H3,(H,27,29). The number of likely N-dealkylation sites (tertiary alicyclic amines) is 1. The maximum Gasteiger partial charge on any atom is 0.416 e. The number of ether oxygens (including phenoxy) is 1. The van der Waals surface area contributed by atoms with E-state index in [-0.39, 0.29) is 29.0 Å². The second-order valence-corrected chi connectivity index (χ2v) is 8.19. The van der Waals surface area contributed by atoms with E-state index in [9.17, 15) is 22.4 Å². The molecule has 1 fully saturated rings. The molecule has 168 valence electrons. The Labute approximate surface area is 187 Å². The third-order valence-corrected chi connectivity index (χ3v) is 5.74. The summed E-state index contributed by atoms with van der Waals surface area (Å²) in [5.74, 6) is -1.18. The van der Waals surface area contributed by atoms with Gasteiger partial charge in [0.05, 0.1) is 16.1 Å². The number of benzene rings is 2. The van der Waals surface area contributed by atoms with Crippen LogP contribution in [-0.2, 0) is 12.7 Å². The Morgan fingerprint density at radius 1 is 1.29 bits per heavy atom. The summed E-state index contributed by atoms with van der Waals surface area (Å²) in [6.07, 6.45) is -0.949. The van der Waals surface area contributed by atoms with Gasteiger partial charge >= 0.3 is 6.18 Å². The lowest BCUT2D eigenvalue weighted by Crippen LogP contribution is -2.33. The van der Waals surface area contributed by atoms with Crippen molar-refractivity contribution in [3.05, 3.63) is 63.9 Å². The van der Waals surface area contributed by atoms with Gasteiger partial charge in [-0.3, -0.25) is 14.4 Å². The molecule has 0 aliphatic carbocycles. The predicted molar refractivity (Wildman–Crippen MR) is 113 cm³/mol. The van der Waals surface area contributed by atoms with E-state index >= 15 is 0 Å². The van der Waals surface area contributed by atoms with Crippen molar-refractivity contribution in [1.29, 1.82) is 0 Å². The van der Waals surface area contributed by atoms with Crippen molar-refractivity contribution in [2.45, 2.75) is 31.6 Å². The van der Waals surface area contributed by atoms with Crippen LogP contribution < -0.4 is 9.46 Å². The monoisotopic (exact) mass is 476 g/mol. The summed E-state index contributed by atoms with van der Waals surface area (Å²) in [5.41, 5.74) is -0.0754. The smallest absolute Gasteiger partial charge is 0.416 e. The molecule has 1 heterocycles. The molecule has 1 N–H and O–H groups in total. The summed E-state index contributed by atoms with van der Waals surface area (Å²) in [7, 11) is 0. The Balaban J connectivity index is 1.62. The Bertz CT molecular complexity index is 925. The van der Waals surface area contributed by atoms with Crippen LogP contribution in [0.4, 0.5) is 17.6 Å². The molecule has 0 spiro atoms. The fourth-order valence-corrected chi connectivity index (χ4v) is 3.99. The second-order valence-electron chi connectivity index (χ2n) is 7.17. The van der Waals surface area contributed by atoms with E-state index in [4.69, 9.17) is 16.3 Å². The molecule has 4 nitrogen and oxygen atoms in total. The summed E-state index contributed by atoms with van der Waals surface area (Å²) in [6, 6.07) is 7.44. The number of halogens is 5. The van der Waals surface area contributed by atoms with Gasteiger partial charge < -0.3 is 4.74 Å². The lowest BCUT2D eigenvalue weighted by atomic mass is 10.1. The number of nitrogens with zero attached hydrogens (tertiary/aromatic N) is 1. The molecule has 0 aromatic heterocycles. The Hall–Kier alpha value is -1.97. The molecule has 2 aromatic rings. The Morgan fingerprint density at radius 2 is 2.00 bits per heavy atom. The zero-order valence-corrected chi connectivity index (χ0v) is 18.2. The van der Waals surface area contributed by atoms with Gasteiger partial charge in [0.15, 0.2) is 0 Å². The van der Waals surface area contributed by atoms with Crippen molar-refractivity contribution in [2.75, 3.05) is 19.4 Å². The topological polar surface area (TPSA) is 41.6 Å². The van der Waals surface area contributed by atoms with Crippen LogP contribution in [0.2, 0.25) is 5.02 Å². The quantitative estimate of drug-likeness (QED) is 0.420. The molecule has 0 radical (unpaired) electrons. The maximum atomic E-state index is 14.3. The van der Waals surface area contributed by atoms with Gasteiger partial charge in [-0.1, -0.05) is 35.7 Å². The van der Waals surface area contributed by atoms with Crippen LogP contribution in [0.15, 0.2) is 36.4 Å². The number of carbonyl (C=O) groups is 1. The molecule has 0 saturated carbocycles. The first-order valence-corrected chi connectivity index (χ1v) is 11.1. The molecule has 1 amide bonds. The molecule has 31 heavy (non-hydrogen) atoms. The number of carbonyl (C=O) groups excluding carboxylic acids is 1. The molecule has 1 unspecified atom stereocenters. The van der Waals surface area contributed by atoms with E-state index < -0.39 is 23.5 Å². The van der Waals surface area contributed by atoms with Gasteiger partial charge in [0.2, 0.25) is 0 Å². The number of alkyl halides is 3. The van der Waals surface area contributed by atoms with E-state index in [1.807, 2.05) is 0 Å². The highest BCUT2D eigenvalue weighted by Crippen LogP contribution is 2.31. The van der Waals surface area contributed by atoms with Gasteiger partial charge in [0.25, 0.3) is 5.91 Å². The third-order valence-electron chi connectivity index (χ3n) is 5.06. The number of amides is 1. The van der Waals surface area contributed by atoms with Crippen molar-refractivity contribution in [2.24, 2.45) is 0 Å². The average molecular weight is 477 g/mol. The first-order chi connectivity index (χ1) is 14.7. The lowest BCUT2D eigenvalue weighted by Gasteiger charge is -2.25. The lowest BCUT2D eigenvalue weighted by molar-refractivity contribution is -0.137. The molecule has 1 aliphatic heterocycles. The molecule has 2 aromatic carbocycles. The highest BCUT2D eigenvalue weighted by atomic mass is 35.5. The van der Waals surface area contributed by atoms with Crippen LogP contribution in [0.1, 0.15) is 34.3 Å². The molecule has 0 bridgehead atoms. The van der Waals surface area contributed by atoms with Crippen LogP contribution in [0, 0.1) is 5.82 Å². The summed E-state index contributed by atoms with van der Waals surface area (Å²) in [5, 5.41) is 0.125. The second kappa shape index (κ2) is 10.1.